The maximum atomic E-state index is 12.4. The molecular weight excluding hydrogens is 312 g/mol. The van der Waals surface area contributed by atoms with Gasteiger partial charge in [0.1, 0.15) is 6.10 Å². The molecule has 0 unspecified atom stereocenters. The highest BCUT2D eigenvalue weighted by Crippen LogP contribution is 2.19. The normalized spacial score (nSPS) is 15.1. The molecule has 0 saturated carbocycles. The van der Waals surface area contributed by atoms with Crippen molar-refractivity contribution in [2.45, 2.75) is 18.9 Å². The summed E-state index contributed by atoms with van der Waals surface area (Å²) in [5, 5.41) is 10.7. The van der Waals surface area contributed by atoms with Crippen LogP contribution in [0.2, 0.25) is 0 Å². The zero-order chi connectivity index (χ0) is 16.9. The molecule has 24 heavy (non-hydrogen) atoms. The minimum absolute atomic E-state index is 0.0201. The van der Waals surface area contributed by atoms with Crippen molar-refractivity contribution in [3.05, 3.63) is 58.4 Å². The van der Waals surface area contributed by atoms with Crippen LogP contribution in [0.15, 0.2) is 42.7 Å². The number of aromatic nitrogens is 2. The summed E-state index contributed by atoms with van der Waals surface area (Å²) in [6.45, 7) is 1.13. The lowest BCUT2D eigenvalue weighted by Crippen LogP contribution is -2.41. The Bertz CT molecular complexity index is 713. The SMILES string of the molecule is O=C(c1ccc([N+](=O)[O-])cc1)N1CCC(Oc2ncccn2)CC1. The highest BCUT2D eigenvalue weighted by atomic mass is 16.6. The van der Waals surface area contributed by atoms with Crippen molar-refractivity contribution in [1.29, 1.82) is 0 Å². The first-order valence-electron chi connectivity index (χ1n) is 7.61. The summed E-state index contributed by atoms with van der Waals surface area (Å²) in [6, 6.07) is 7.73. The second-order valence-corrected chi connectivity index (χ2v) is 5.44. The third kappa shape index (κ3) is 3.65. The van der Waals surface area contributed by atoms with Gasteiger partial charge in [-0.2, -0.15) is 0 Å². The average Bonchev–Trinajstić information content (AvgIpc) is 2.63. The van der Waals surface area contributed by atoms with Crippen LogP contribution in [0.25, 0.3) is 0 Å². The highest BCUT2D eigenvalue weighted by Gasteiger charge is 2.25. The molecule has 1 fully saturated rings. The van der Waals surface area contributed by atoms with E-state index in [4.69, 9.17) is 4.74 Å². The summed E-state index contributed by atoms with van der Waals surface area (Å²) in [7, 11) is 0. The van der Waals surface area contributed by atoms with Crippen LogP contribution in [0, 0.1) is 10.1 Å². The first kappa shape index (κ1) is 15.9. The first-order chi connectivity index (χ1) is 11.6. The number of non-ortho nitro benzene ring substituents is 1. The first-order valence-corrected chi connectivity index (χ1v) is 7.61. The van der Waals surface area contributed by atoms with E-state index in [1.54, 1.807) is 23.4 Å². The molecule has 2 heterocycles. The van der Waals surface area contributed by atoms with Gasteiger partial charge in [-0.25, -0.2) is 9.97 Å². The zero-order valence-electron chi connectivity index (χ0n) is 12.9. The van der Waals surface area contributed by atoms with Gasteiger partial charge in [-0.1, -0.05) is 0 Å². The molecule has 8 heteroatoms. The van der Waals surface area contributed by atoms with Crippen molar-refractivity contribution in [3.63, 3.8) is 0 Å². The molecule has 1 aromatic carbocycles. The van der Waals surface area contributed by atoms with Crippen LogP contribution < -0.4 is 4.74 Å². The Morgan fingerprint density at radius 1 is 1.17 bits per heavy atom. The molecule has 0 bridgehead atoms. The minimum Gasteiger partial charge on any atom is -0.460 e. The van der Waals surface area contributed by atoms with E-state index in [1.807, 2.05) is 0 Å². The molecule has 1 aliphatic heterocycles. The highest BCUT2D eigenvalue weighted by molar-refractivity contribution is 5.94. The van der Waals surface area contributed by atoms with Gasteiger partial charge in [0.25, 0.3) is 11.6 Å². The van der Waals surface area contributed by atoms with Gasteiger partial charge in [0.15, 0.2) is 0 Å². The van der Waals surface area contributed by atoms with Crippen LogP contribution >= 0.6 is 0 Å². The second-order valence-electron chi connectivity index (χ2n) is 5.44. The third-order valence-corrected chi connectivity index (χ3v) is 3.87. The van der Waals surface area contributed by atoms with Crippen LogP contribution in [0.4, 0.5) is 5.69 Å². The van der Waals surface area contributed by atoms with Gasteiger partial charge >= 0.3 is 6.01 Å². The number of likely N-dealkylation sites (tertiary alicyclic amines) is 1. The topological polar surface area (TPSA) is 98.5 Å². The predicted octanol–water partition coefficient (Wildman–Crippen LogP) is 2.07. The van der Waals surface area contributed by atoms with E-state index in [9.17, 15) is 14.9 Å². The predicted molar refractivity (Wildman–Crippen MR) is 84.7 cm³/mol. The molecule has 2 aromatic rings. The number of benzene rings is 1. The summed E-state index contributed by atoms with van der Waals surface area (Å²) < 4.78 is 5.70. The number of carbonyl (C=O) groups is 1. The molecule has 3 rings (SSSR count). The van der Waals surface area contributed by atoms with E-state index in [2.05, 4.69) is 9.97 Å². The van der Waals surface area contributed by atoms with Gasteiger partial charge in [0, 0.05) is 56.0 Å². The quantitative estimate of drug-likeness (QED) is 0.629. The molecule has 0 atom stereocenters. The summed E-state index contributed by atoms with van der Waals surface area (Å²) in [5.74, 6) is -0.126. The summed E-state index contributed by atoms with van der Waals surface area (Å²) in [6.07, 6.45) is 4.60. The van der Waals surface area contributed by atoms with Crippen molar-refractivity contribution in [2.24, 2.45) is 0 Å². The lowest BCUT2D eigenvalue weighted by atomic mass is 10.1. The van der Waals surface area contributed by atoms with Crippen molar-refractivity contribution in [1.82, 2.24) is 14.9 Å². The molecule has 8 nitrogen and oxygen atoms in total. The van der Waals surface area contributed by atoms with Crippen molar-refractivity contribution < 1.29 is 14.5 Å². The Balaban J connectivity index is 1.56. The van der Waals surface area contributed by atoms with E-state index in [0.717, 1.165) is 0 Å². The van der Waals surface area contributed by atoms with Gasteiger partial charge in [-0.3, -0.25) is 14.9 Å². The molecular formula is C16H16N4O4. The van der Waals surface area contributed by atoms with Crippen LogP contribution in [0.3, 0.4) is 0 Å². The largest absolute Gasteiger partial charge is 0.460 e. The van der Waals surface area contributed by atoms with Crippen molar-refractivity contribution in [3.8, 4) is 6.01 Å². The minimum atomic E-state index is -0.483. The molecule has 1 aliphatic rings. The fourth-order valence-electron chi connectivity index (χ4n) is 2.58. The maximum absolute atomic E-state index is 12.4. The number of nitro groups is 1. The molecule has 1 amide bonds. The van der Waals surface area contributed by atoms with E-state index >= 15 is 0 Å². The Labute approximate surface area is 138 Å². The number of carbonyl (C=O) groups excluding carboxylic acids is 1. The Morgan fingerprint density at radius 3 is 2.38 bits per heavy atom. The lowest BCUT2D eigenvalue weighted by molar-refractivity contribution is -0.384. The molecule has 0 radical (unpaired) electrons. The zero-order valence-corrected chi connectivity index (χ0v) is 12.9. The van der Waals surface area contributed by atoms with Crippen molar-refractivity contribution in [2.75, 3.05) is 13.1 Å². The van der Waals surface area contributed by atoms with Crippen LogP contribution in [-0.4, -0.2) is 44.9 Å². The Kier molecular flexibility index (Phi) is 4.64. The van der Waals surface area contributed by atoms with Gasteiger partial charge in [-0.05, 0) is 18.2 Å². The van der Waals surface area contributed by atoms with E-state index in [-0.39, 0.29) is 17.7 Å². The standard InChI is InChI=1S/C16H16N4O4/c21-15(12-2-4-13(5-3-12)20(22)23)19-10-6-14(7-11-19)24-16-17-8-1-9-18-16/h1-5,8-9,14H,6-7,10-11H2. The summed E-state index contributed by atoms with van der Waals surface area (Å²) in [5.41, 5.74) is 0.424. The molecule has 124 valence electrons. The van der Waals surface area contributed by atoms with Crippen LogP contribution in [0.5, 0.6) is 6.01 Å². The number of nitro benzene ring substituents is 1. The number of amides is 1. The molecule has 0 spiro atoms. The lowest BCUT2D eigenvalue weighted by Gasteiger charge is -2.31. The van der Waals surface area contributed by atoms with Gasteiger partial charge in [-0.15, -0.1) is 0 Å². The van der Waals surface area contributed by atoms with Crippen LogP contribution in [-0.2, 0) is 0 Å². The molecule has 0 N–H and O–H groups in total. The monoisotopic (exact) mass is 328 g/mol. The van der Waals surface area contributed by atoms with Gasteiger partial charge in [0.05, 0.1) is 4.92 Å². The molecule has 1 saturated heterocycles. The fourth-order valence-corrected chi connectivity index (χ4v) is 2.58. The maximum Gasteiger partial charge on any atom is 0.316 e. The number of hydrogen-bond acceptors (Lipinski definition) is 6. The summed E-state index contributed by atoms with van der Waals surface area (Å²) >= 11 is 0. The number of ether oxygens (including phenoxy) is 1. The summed E-state index contributed by atoms with van der Waals surface area (Å²) in [4.78, 5) is 32.4. The van der Waals surface area contributed by atoms with Gasteiger partial charge < -0.3 is 9.64 Å². The second kappa shape index (κ2) is 7.03. The van der Waals surface area contributed by atoms with E-state index in [0.29, 0.717) is 37.5 Å². The Morgan fingerprint density at radius 2 is 1.79 bits per heavy atom. The smallest absolute Gasteiger partial charge is 0.316 e. The Hall–Kier alpha value is -3.03. The van der Waals surface area contributed by atoms with Crippen molar-refractivity contribution >= 4 is 11.6 Å². The third-order valence-electron chi connectivity index (χ3n) is 3.87. The van der Waals surface area contributed by atoms with Gasteiger partial charge in [0.2, 0.25) is 0 Å². The average molecular weight is 328 g/mol. The number of piperidine rings is 1. The van der Waals surface area contributed by atoms with E-state index in [1.165, 1.54) is 24.3 Å². The van der Waals surface area contributed by atoms with Crippen LogP contribution in [0.1, 0.15) is 23.2 Å². The number of nitrogens with zero attached hydrogens (tertiary/aromatic N) is 4. The fraction of sp³-hybridized carbons (Fsp3) is 0.312. The number of rotatable bonds is 4. The number of hydrogen-bond donors (Lipinski definition) is 0. The molecule has 1 aromatic heterocycles. The molecule has 0 aliphatic carbocycles. The van der Waals surface area contributed by atoms with E-state index < -0.39 is 4.92 Å².